The zero-order valence-corrected chi connectivity index (χ0v) is 15.2. The van der Waals surface area contributed by atoms with Crippen LogP contribution in [0.5, 0.6) is 11.5 Å². The van der Waals surface area contributed by atoms with Gasteiger partial charge in [-0.25, -0.2) is 4.98 Å². The van der Waals surface area contributed by atoms with Gasteiger partial charge in [-0.05, 0) is 61.1 Å². The van der Waals surface area contributed by atoms with Crippen LogP contribution in [-0.4, -0.2) is 46.5 Å². The standard InChI is InChI=1S/C21H20FN3O3/c22-21-19(26)6-5-18(24-21)20(27)12-25-10-14-7-17(8-15(14)11-25)28-16-3-1-13(9-23)2-4-16/h1-6,14-15,17,26H,7-8,10-12H2/t14-,15?,17?/m1/s1. The van der Waals surface area contributed by atoms with Gasteiger partial charge in [-0.15, -0.1) is 0 Å². The summed E-state index contributed by atoms with van der Waals surface area (Å²) < 4.78 is 19.4. The number of fused-ring (bicyclic) bond motifs is 1. The number of carbonyl (C=O) groups is 1. The monoisotopic (exact) mass is 381 g/mol. The van der Waals surface area contributed by atoms with E-state index in [2.05, 4.69) is 16.0 Å². The van der Waals surface area contributed by atoms with Crippen LogP contribution in [0.1, 0.15) is 28.9 Å². The first-order valence-corrected chi connectivity index (χ1v) is 9.29. The van der Waals surface area contributed by atoms with Gasteiger partial charge in [0.25, 0.3) is 5.95 Å². The zero-order chi connectivity index (χ0) is 19.7. The van der Waals surface area contributed by atoms with E-state index in [1.807, 2.05) is 12.1 Å². The summed E-state index contributed by atoms with van der Waals surface area (Å²) in [6.45, 7) is 1.82. The third-order valence-corrected chi connectivity index (χ3v) is 5.55. The number of hydrogen-bond donors (Lipinski definition) is 1. The minimum atomic E-state index is -1.02. The SMILES string of the molecule is N#Cc1ccc(OC2CC3CN(CC(=O)c4ccc(O)c(F)n4)C[C@H]3C2)cc1. The van der Waals surface area contributed by atoms with Gasteiger partial charge in [0.1, 0.15) is 11.4 Å². The lowest BCUT2D eigenvalue weighted by Gasteiger charge is -2.19. The van der Waals surface area contributed by atoms with Gasteiger partial charge >= 0.3 is 0 Å². The van der Waals surface area contributed by atoms with Crippen LogP contribution in [0, 0.1) is 29.1 Å². The van der Waals surface area contributed by atoms with Crippen LogP contribution in [0.25, 0.3) is 0 Å². The number of nitriles is 1. The van der Waals surface area contributed by atoms with Crippen molar-refractivity contribution in [3.63, 3.8) is 0 Å². The molecular formula is C21H20FN3O3. The van der Waals surface area contributed by atoms with Crippen molar-refractivity contribution >= 4 is 5.78 Å². The molecule has 2 heterocycles. The fourth-order valence-corrected chi connectivity index (χ4v) is 4.23. The highest BCUT2D eigenvalue weighted by atomic mass is 19.1. The van der Waals surface area contributed by atoms with Crippen molar-refractivity contribution in [2.75, 3.05) is 19.6 Å². The van der Waals surface area contributed by atoms with Gasteiger partial charge in [0, 0.05) is 13.1 Å². The first-order chi connectivity index (χ1) is 13.5. The molecule has 0 bridgehead atoms. The minimum absolute atomic E-state index is 0.0365. The smallest absolute Gasteiger partial charge is 0.255 e. The molecule has 28 heavy (non-hydrogen) atoms. The van der Waals surface area contributed by atoms with Crippen LogP contribution in [-0.2, 0) is 0 Å². The molecule has 6 nitrogen and oxygen atoms in total. The Bertz CT molecular complexity index is 911. The minimum Gasteiger partial charge on any atom is -0.504 e. The van der Waals surface area contributed by atoms with Gasteiger partial charge in [-0.3, -0.25) is 9.69 Å². The highest BCUT2D eigenvalue weighted by Gasteiger charge is 2.42. The summed E-state index contributed by atoms with van der Waals surface area (Å²) in [5.41, 5.74) is 0.647. The molecule has 0 spiro atoms. The fourth-order valence-electron chi connectivity index (χ4n) is 4.23. The Balaban J connectivity index is 1.29. The number of hydrogen-bond acceptors (Lipinski definition) is 6. The molecule has 4 rings (SSSR count). The molecule has 0 radical (unpaired) electrons. The molecule has 2 unspecified atom stereocenters. The van der Waals surface area contributed by atoms with E-state index in [0.29, 0.717) is 17.4 Å². The summed E-state index contributed by atoms with van der Waals surface area (Å²) in [7, 11) is 0. The van der Waals surface area contributed by atoms with Gasteiger partial charge in [-0.2, -0.15) is 9.65 Å². The molecule has 2 fully saturated rings. The van der Waals surface area contributed by atoms with E-state index >= 15 is 0 Å². The van der Waals surface area contributed by atoms with E-state index in [4.69, 9.17) is 10.00 Å². The number of aromatic hydroxyl groups is 1. The average Bonchev–Trinajstić information content (AvgIpc) is 3.22. The van der Waals surface area contributed by atoms with E-state index in [-0.39, 0.29) is 24.1 Å². The molecule has 0 amide bonds. The van der Waals surface area contributed by atoms with E-state index in [1.54, 1.807) is 12.1 Å². The molecule has 2 aliphatic rings. The number of likely N-dealkylation sites (tertiary alicyclic amines) is 1. The molecule has 1 saturated heterocycles. The van der Waals surface area contributed by atoms with E-state index in [1.165, 1.54) is 6.07 Å². The predicted octanol–water partition coefficient (Wildman–Crippen LogP) is 2.77. The van der Waals surface area contributed by atoms with Crippen molar-refractivity contribution in [3.05, 3.63) is 53.6 Å². The fraction of sp³-hybridized carbons (Fsp3) is 0.381. The number of rotatable bonds is 5. The Morgan fingerprint density at radius 3 is 2.50 bits per heavy atom. The van der Waals surface area contributed by atoms with E-state index in [0.717, 1.165) is 37.7 Å². The number of pyridine rings is 1. The second kappa shape index (κ2) is 7.56. The maximum atomic E-state index is 13.3. The Labute approximate surface area is 162 Å². The first kappa shape index (κ1) is 18.4. The van der Waals surface area contributed by atoms with Crippen LogP contribution >= 0.6 is 0 Å². The highest BCUT2D eigenvalue weighted by Crippen LogP contribution is 2.39. The number of carbonyl (C=O) groups excluding carboxylic acids is 1. The third-order valence-electron chi connectivity index (χ3n) is 5.55. The Hall–Kier alpha value is -2.98. The average molecular weight is 381 g/mol. The lowest BCUT2D eigenvalue weighted by atomic mass is 10.0. The molecule has 1 saturated carbocycles. The summed E-state index contributed by atoms with van der Waals surface area (Å²) >= 11 is 0. The Morgan fingerprint density at radius 2 is 1.89 bits per heavy atom. The first-order valence-electron chi connectivity index (χ1n) is 9.29. The van der Waals surface area contributed by atoms with Crippen molar-refractivity contribution in [1.82, 2.24) is 9.88 Å². The number of ether oxygens (including phenoxy) is 1. The van der Waals surface area contributed by atoms with Gasteiger partial charge in [0.2, 0.25) is 0 Å². The van der Waals surface area contributed by atoms with Crippen LogP contribution < -0.4 is 4.74 Å². The van der Waals surface area contributed by atoms with Crippen molar-refractivity contribution in [3.8, 4) is 17.6 Å². The summed E-state index contributed by atoms with van der Waals surface area (Å²) in [6.07, 6.45) is 2.01. The quantitative estimate of drug-likeness (QED) is 0.633. The molecule has 1 aromatic carbocycles. The summed E-state index contributed by atoms with van der Waals surface area (Å²) in [4.78, 5) is 18.0. The summed E-state index contributed by atoms with van der Waals surface area (Å²) in [5.74, 6) is -0.102. The van der Waals surface area contributed by atoms with Gasteiger partial charge in [0.05, 0.1) is 24.3 Å². The molecule has 7 heteroatoms. The van der Waals surface area contributed by atoms with Crippen LogP contribution in [0.15, 0.2) is 36.4 Å². The Kier molecular flexibility index (Phi) is 4.97. The van der Waals surface area contributed by atoms with Gasteiger partial charge in [-0.1, -0.05) is 0 Å². The van der Waals surface area contributed by atoms with Crippen molar-refractivity contribution < 1.29 is 19.0 Å². The summed E-state index contributed by atoms with van der Waals surface area (Å²) in [6, 6.07) is 11.7. The molecule has 1 aliphatic heterocycles. The number of Topliss-reactive ketones (excluding diaryl/α,β-unsaturated/α-hetero) is 1. The van der Waals surface area contributed by atoms with Crippen molar-refractivity contribution in [2.45, 2.75) is 18.9 Å². The topological polar surface area (TPSA) is 86.5 Å². The lowest BCUT2D eigenvalue weighted by molar-refractivity contribution is 0.0930. The molecule has 1 aliphatic carbocycles. The number of ketones is 1. The van der Waals surface area contributed by atoms with E-state index in [9.17, 15) is 14.3 Å². The van der Waals surface area contributed by atoms with Gasteiger partial charge in [0.15, 0.2) is 11.5 Å². The van der Waals surface area contributed by atoms with Crippen LogP contribution in [0.4, 0.5) is 4.39 Å². The second-order valence-electron chi connectivity index (χ2n) is 7.49. The predicted molar refractivity (Wildman–Crippen MR) is 98.4 cm³/mol. The summed E-state index contributed by atoms with van der Waals surface area (Å²) in [5, 5.41) is 18.0. The van der Waals surface area contributed by atoms with Crippen molar-refractivity contribution in [1.29, 1.82) is 5.26 Å². The molecule has 2 aromatic rings. The number of benzene rings is 1. The maximum Gasteiger partial charge on any atom is 0.255 e. The largest absolute Gasteiger partial charge is 0.504 e. The lowest BCUT2D eigenvalue weighted by Crippen LogP contribution is -2.30. The highest BCUT2D eigenvalue weighted by molar-refractivity contribution is 5.95. The molecule has 3 atom stereocenters. The van der Waals surface area contributed by atoms with Crippen molar-refractivity contribution in [2.24, 2.45) is 11.8 Å². The van der Waals surface area contributed by atoms with Gasteiger partial charge < -0.3 is 9.84 Å². The van der Waals surface area contributed by atoms with E-state index < -0.39 is 11.7 Å². The zero-order valence-electron chi connectivity index (χ0n) is 15.2. The molecule has 144 valence electrons. The second-order valence-corrected chi connectivity index (χ2v) is 7.49. The number of aromatic nitrogens is 1. The normalized spacial score (nSPS) is 23.9. The number of nitrogens with zero attached hydrogens (tertiary/aromatic N) is 3. The molecule has 1 N–H and O–H groups in total. The molecular weight excluding hydrogens is 361 g/mol. The molecule has 1 aromatic heterocycles. The van der Waals surface area contributed by atoms with Crippen LogP contribution in [0.3, 0.4) is 0 Å². The number of halogens is 1. The maximum absolute atomic E-state index is 13.3. The Morgan fingerprint density at radius 1 is 1.21 bits per heavy atom. The third kappa shape index (κ3) is 3.82. The van der Waals surface area contributed by atoms with Crippen LogP contribution in [0.2, 0.25) is 0 Å².